The van der Waals surface area contributed by atoms with Gasteiger partial charge in [0.05, 0.1) is 6.42 Å². The molecule has 0 amide bonds. The SMILES string of the molecule is O=C(Cc1nccs1)c1cccnc1. The average molecular weight is 204 g/mol. The molecule has 0 aliphatic rings. The van der Waals surface area contributed by atoms with Crippen LogP contribution in [0.1, 0.15) is 15.4 Å². The second kappa shape index (κ2) is 4.11. The molecule has 0 radical (unpaired) electrons. The van der Waals surface area contributed by atoms with Crippen LogP contribution in [0.25, 0.3) is 0 Å². The first-order valence-electron chi connectivity index (χ1n) is 4.18. The molecule has 0 spiro atoms. The maximum atomic E-state index is 11.6. The smallest absolute Gasteiger partial charge is 0.171 e. The highest BCUT2D eigenvalue weighted by Gasteiger charge is 2.07. The topological polar surface area (TPSA) is 42.9 Å². The number of carbonyl (C=O) groups excluding carboxylic acids is 1. The Morgan fingerprint density at radius 3 is 3.00 bits per heavy atom. The van der Waals surface area contributed by atoms with Crippen molar-refractivity contribution < 1.29 is 4.79 Å². The van der Waals surface area contributed by atoms with Crippen LogP contribution in [0.5, 0.6) is 0 Å². The van der Waals surface area contributed by atoms with E-state index in [1.807, 2.05) is 5.38 Å². The van der Waals surface area contributed by atoms with Crippen LogP contribution < -0.4 is 0 Å². The predicted octanol–water partition coefficient (Wildman–Crippen LogP) is 1.96. The molecule has 14 heavy (non-hydrogen) atoms. The summed E-state index contributed by atoms with van der Waals surface area (Å²) in [6, 6.07) is 3.53. The fourth-order valence-corrected chi connectivity index (χ4v) is 1.72. The summed E-state index contributed by atoms with van der Waals surface area (Å²) in [6.07, 6.45) is 5.30. The Labute approximate surface area is 85.5 Å². The van der Waals surface area contributed by atoms with Gasteiger partial charge in [-0.2, -0.15) is 0 Å². The molecule has 0 unspecified atom stereocenters. The van der Waals surface area contributed by atoms with Crippen LogP contribution in [-0.2, 0) is 6.42 Å². The molecule has 0 bridgehead atoms. The third kappa shape index (κ3) is 2.03. The van der Waals surface area contributed by atoms with Crippen molar-refractivity contribution in [2.45, 2.75) is 6.42 Å². The van der Waals surface area contributed by atoms with E-state index in [1.54, 1.807) is 30.7 Å². The quantitative estimate of drug-likeness (QED) is 0.718. The zero-order valence-electron chi connectivity index (χ0n) is 7.38. The number of aromatic nitrogens is 2. The van der Waals surface area contributed by atoms with Crippen molar-refractivity contribution in [1.29, 1.82) is 0 Å². The number of Topliss-reactive ketones (excluding diaryl/α,β-unsaturated/α-hetero) is 1. The molecule has 2 aromatic heterocycles. The van der Waals surface area contributed by atoms with Gasteiger partial charge in [-0.3, -0.25) is 9.78 Å². The number of thiazole rings is 1. The monoisotopic (exact) mass is 204 g/mol. The summed E-state index contributed by atoms with van der Waals surface area (Å²) in [6.45, 7) is 0. The minimum absolute atomic E-state index is 0.0630. The van der Waals surface area contributed by atoms with Crippen LogP contribution in [-0.4, -0.2) is 15.8 Å². The maximum absolute atomic E-state index is 11.6. The third-order valence-corrected chi connectivity index (χ3v) is 2.56. The van der Waals surface area contributed by atoms with Gasteiger partial charge in [0.25, 0.3) is 0 Å². The minimum Gasteiger partial charge on any atom is -0.294 e. The van der Waals surface area contributed by atoms with Gasteiger partial charge in [-0.1, -0.05) is 0 Å². The fourth-order valence-electron chi connectivity index (χ4n) is 1.11. The summed E-state index contributed by atoms with van der Waals surface area (Å²) in [4.78, 5) is 19.6. The van der Waals surface area contributed by atoms with Gasteiger partial charge in [0.15, 0.2) is 5.78 Å². The molecular formula is C10H8N2OS. The van der Waals surface area contributed by atoms with Gasteiger partial charge in [0.2, 0.25) is 0 Å². The largest absolute Gasteiger partial charge is 0.294 e. The summed E-state index contributed by atoms with van der Waals surface area (Å²) in [5, 5.41) is 2.71. The molecule has 0 saturated carbocycles. The van der Waals surface area contributed by atoms with E-state index in [-0.39, 0.29) is 5.78 Å². The first-order chi connectivity index (χ1) is 6.86. The van der Waals surface area contributed by atoms with Crippen molar-refractivity contribution in [1.82, 2.24) is 9.97 Å². The molecule has 0 N–H and O–H groups in total. The molecule has 0 aliphatic heterocycles. The fraction of sp³-hybridized carbons (Fsp3) is 0.100. The normalized spacial score (nSPS) is 10.0. The van der Waals surface area contributed by atoms with Crippen molar-refractivity contribution in [2.24, 2.45) is 0 Å². The lowest BCUT2D eigenvalue weighted by molar-refractivity contribution is 0.0992. The van der Waals surface area contributed by atoms with E-state index in [0.29, 0.717) is 12.0 Å². The molecule has 2 heterocycles. The highest BCUT2D eigenvalue weighted by atomic mass is 32.1. The third-order valence-electron chi connectivity index (χ3n) is 1.78. The van der Waals surface area contributed by atoms with E-state index in [2.05, 4.69) is 9.97 Å². The van der Waals surface area contributed by atoms with Gasteiger partial charge in [-0.25, -0.2) is 4.98 Å². The van der Waals surface area contributed by atoms with Crippen LogP contribution in [0.3, 0.4) is 0 Å². The maximum Gasteiger partial charge on any atom is 0.171 e. The molecule has 2 rings (SSSR count). The second-order valence-corrected chi connectivity index (χ2v) is 3.75. The van der Waals surface area contributed by atoms with E-state index in [1.165, 1.54) is 11.3 Å². The first-order valence-corrected chi connectivity index (χ1v) is 5.06. The Kier molecular flexibility index (Phi) is 2.65. The molecule has 0 atom stereocenters. The summed E-state index contributed by atoms with van der Waals surface area (Å²) in [5.74, 6) is 0.0630. The van der Waals surface area contributed by atoms with Gasteiger partial charge in [-0.05, 0) is 12.1 Å². The van der Waals surface area contributed by atoms with Gasteiger partial charge in [0.1, 0.15) is 5.01 Å². The lowest BCUT2D eigenvalue weighted by Crippen LogP contribution is -2.03. The molecule has 70 valence electrons. The number of carbonyl (C=O) groups is 1. The number of pyridine rings is 1. The zero-order valence-corrected chi connectivity index (χ0v) is 8.20. The van der Waals surface area contributed by atoms with Crippen LogP contribution in [0.4, 0.5) is 0 Å². The number of hydrogen-bond donors (Lipinski definition) is 0. The molecule has 4 heteroatoms. The summed E-state index contributed by atoms with van der Waals surface area (Å²) < 4.78 is 0. The van der Waals surface area contributed by atoms with E-state index >= 15 is 0 Å². The Bertz CT molecular complexity index is 411. The first kappa shape index (κ1) is 9.02. The van der Waals surface area contributed by atoms with Gasteiger partial charge >= 0.3 is 0 Å². The van der Waals surface area contributed by atoms with Crippen molar-refractivity contribution in [2.75, 3.05) is 0 Å². The van der Waals surface area contributed by atoms with Crippen molar-refractivity contribution in [3.05, 3.63) is 46.7 Å². The number of nitrogens with zero attached hydrogens (tertiary/aromatic N) is 2. The zero-order chi connectivity index (χ0) is 9.80. The standard InChI is InChI=1S/C10H8N2OS/c13-9(6-10-12-4-5-14-10)8-2-1-3-11-7-8/h1-5,7H,6H2. The summed E-state index contributed by atoms with van der Waals surface area (Å²) in [5.41, 5.74) is 0.641. The molecular weight excluding hydrogens is 196 g/mol. The van der Waals surface area contributed by atoms with E-state index in [0.717, 1.165) is 5.01 Å². The Balaban J connectivity index is 2.11. The molecule has 0 aliphatic carbocycles. The van der Waals surface area contributed by atoms with Gasteiger partial charge < -0.3 is 0 Å². The van der Waals surface area contributed by atoms with Crippen LogP contribution >= 0.6 is 11.3 Å². The highest BCUT2D eigenvalue weighted by molar-refractivity contribution is 7.09. The Morgan fingerprint density at radius 2 is 2.36 bits per heavy atom. The van der Waals surface area contributed by atoms with E-state index in [4.69, 9.17) is 0 Å². The Hall–Kier alpha value is -1.55. The average Bonchev–Trinajstić information content (AvgIpc) is 2.72. The molecule has 2 aromatic rings. The lowest BCUT2D eigenvalue weighted by atomic mass is 10.1. The summed E-state index contributed by atoms with van der Waals surface area (Å²) in [7, 11) is 0. The molecule has 0 aromatic carbocycles. The molecule has 3 nitrogen and oxygen atoms in total. The predicted molar refractivity (Wildman–Crippen MR) is 54.4 cm³/mol. The minimum atomic E-state index is 0.0630. The van der Waals surface area contributed by atoms with Crippen LogP contribution in [0.2, 0.25) is 0 Å². The van der Waals surface area contributed by atoms with Crippen LogP contribution in [0, 0.1) is 0 Å². The number of ketones is 1. The van der Waals surface area contributed by atoms with Crippen molar-refractivity contribution >= 4 is 17.1 Å². The van der Waals surface area contributed by atoms with E-state index in [9.17, 15) is 4.79 Å². The highest BCUT2D eigenvalue weighted by Crippen LogP contribution is 2.08. The Morgan fingerprint density at radius 1 is 1.43 bits per heavy atom. The lowest BCUT2D eigenvalue weighted by Gasteiger charge is -1.96. The molecule has 0 fully saturated rings. The van der Waals surface area contributed by atoms with Crippen molar-refractivity contribution in [3.63, 3.8) is 0 Å². The van der Waals surface area contributed by atoms with Crippen LogP contribution in [0.15, 0.2) is 36.1 Å². The number of hydrogen-bond acceptors (Lipinski definition) is 4. The van der Waals surface area contributed by atoms with E-state index < -0.39 is 0 Å². The molecule has 0 saturated heterocycles. The summed E-state index contributed by atoms with van der Waals surface area (Å²) >= 11 is 1.49. The second-order valence-electron chi connectivity index (χ2n) is 2.77. The number of rotatable bonds is 3. The van der Waals surface area contributed by atoms with Gasteiger partial charge in [0, 0.05) is 29.5 Å². The van der Waals surface area contributed by atoms with Gasteiger partial charge in [-0.15, -0.1) is 11.3 Å². The van der Waals surface area contributed by atoms with Crippen molar-refractivity contribution in [3.8, 4) is 0 Å².